The van der Waals surface area contributed by atoms with Gasteiger partial charge in [0.25, 0.3) is 5.91 Å². The Morgan fingerprint density at radius 2 is 1.71 bits per heavy atom. The SMILES string of the molecule is O=C(COC(=O)CCSc1ccc(F)cc1)Nc1ccc(N2CCCC2)cc1. The van der Waals surface area contributed by atoms with Gasteiger partial charge in [-0.25, -0.2) is 4.39 Å². The molecule has 0 aromatic heterocycles. The highest BCUT2D eigenvalue weighted by atomic mass is 32.2. The van der Waals surface area contributed by atoms with Gasteiger partial charge >= 0.3 is 5.97 Å². The van der Waals surface area contributed by atoms with Gasteiger partial charge in [0.2, 0.25) is 0 Å². The molecule has 0 aliphatic carbocycles. The fourth-order valence-corrected chi connectivity index (χ4v) is 3.76. The fraction of sp³-hybridized carbons (Fsp3) is 0.333. The second-order valence-corrected chi connectivity index (χ2v) is 7.67. The average Bonchev–Trinajstić information content (AvgIpc) is 3.23. The molecule has 0 bridgehead atoms. The molecule has 0 radical (unpaired) electrons. The first-order valence-electron chi connectivity index (χ1n) is 9.29. The van der Waals surface area contributed by atoms with E-state index in [0.29, 0.717) is 11.4 Å². The Labute approximate surface area is 168 Å². The Hall–Kier alpha value is -2.54. The number of amides is 1. The van der Waals surface area contributed by atoms with Crippen molar-refractivity contribution >= 4 is 35.0 Å². The molecule has 0 spiro atoms. The molecule has 1 saturated heterocycles. The maximum Gasteiger partial charge on any atom is 0.307 e. The molecule has 0 saturated carbocycles. The molecule has 5 nitrogen and oxygen atoms in total. The van der Waals surface area contributed by atoms with Crippen LogP contribution in [-0.4, -0.2) is 37.3 Å². The van der Waals surface area contributed by atoms with Crippen LogP contribution in [0.4, 0.5) is 15.8 Å². The highest BCUT2D eigenvalue weighted by molar-refractivity contribution is 7.99. The van der Waals surface area contributed by atoms with Gasteiger partial charge in [0.05, 0.1) is 6.42 Å². The predicted octanol–water partition coefficient (Wildman–Crippen LogP) is 4.09. The van der Waals surface area contributed by atoms with Crippen molar-refractivity contribution in [3.63, 3.8) is 0 Å². The van der Waals surface area contributed by atoms with Crippen molar-refractivity contribution in [3.8, 4) is 0 Å². The molecular weight excluding hydrogens is 379 g/mol. The van der Waals surface area contributed by atoms with E-state index in [1.807, 2.05) is 24.3 Å². The van der Waals surface area contributed by atoms with E-state index in [0.717, 1.165) is 23.7 Å². The zero-order chi connectivity index (χ0) is 19.8. The summed E-state index contributed by atoms with van der Waals surface area (Å²) in [7, 11) is 0. The second kappa shape index (κ2) is 10.1. The summed E-state index contributed by atoms with van der Waals surface area (Å²) in [6, 6.07) is 13.8. The molecule has 1 heterocycles. The normalized spacial score (nSPS) is 13.4. The number of ether oxygens (including phenoxy) is 1. The number of hydrogen-bond acceptors (Lipinski definition) is 5. The zero-order valence-corrected chi connectivity index (χ0v) is 16.3. The van der Waals surface area contributed by atoms with Gasteiger partial charge in [-0.1, -0.05) is 0 Å². The Kier molecular flexibility index (Phi) is 7.31. The van der Waals surface area contributed by atoms with E-state index in [-0.39, 0.29) is 24.8 Å². The Morgan fingerprint density at radius 1 is 1.04 bits per heavy atom. The van der Waals surface area contributed by atoms with Crippen LogP contribution < -0.4 is 10.2 Å². The van der Waals surface area contributed by atoms with E-state index < -0.39 is 5.97 Å². The summed E-state index contributed by atoms with van der Waals surface area (Å²) in [5, 5.41) is 2.73. The van der Waals surface area contributed by atoms with Crippen molar-refractivity contribution < 1.29 is 18.7 Å². The topological polar surface area (TPSA) is 58.6 Å². The van der Waals surface area contributed by atoms with Crippen LogP contribution in [0.3, 0.4) is 0 Å². The van der Waals surface area contributed by atoms with Crippen molar-refractivity contribution in [2.45, 2.75) is 24.2 Å². The van der Waals surface area contributed by atoms with Crippen LogP contribution in [0.25, 0.3) is 0 Å². The number of hydrogen-bond donors (Lipinski definition) is 1. The van der Waals surface area contributed by atoms with Gasteiger partial charge in [-0.15, -0.1) is 11.8 Å². The Bertz CT molecular complexity index is 790. The molecule has 2 aromatic carbocycles. The number of anilines is 2. The van der Waals surface area contributed by atoms with E-state index in [2.05, 4.69) is 10.2 Å². The number of thioether (sulfide) groups is 1. The molecule has 0 atom stereocenters. The van der Waals surface area contributed by atoms with Crippen molar-refractivity contribution in [1.29, 1.82) is 0 Å². The first-order valence-corrected chi connectivity index (χ1v) is 10.3. The molecule has 1 aliphatic heterocycles. The smallest absolute Gasteiger partial charge is 0.307 e. The van der Waals surface area contributed by atoms with Gasteiger partial charge < -0.3 is 15.0 Å². The highest BCUT2D eigenvalue weighted by Gasteiger charge is 2.12. The number of carbonyl (C=O) groups excluding carboxylic acids is 2. The molecule has 3 rings (SSSR count). The van der Waals surface area contributed by atoms with Crippen molar-refractivity contribution in [2.75, 3.05) is 35.7 Å². The van der Waals surface area contributed by atoms with Crippen LogP contribution >= 0.6 is 11.8 Å². The summed E-state index contributed by atoms with van der Waals surface area (Å²) >= 11 is 1.43. The van der Waals surface area contributed by atoms with Crippen LogP contribution in [-0.2, 0) is 14.3 Å². The van der Waals surface area contributed by atoms with Crippen molar-refractivity contribution in [2.24, 2.45) is 0 Å². The summed E-state index contributed by atoms with van der Waals surface area (Å²) in [5.41, 5.74) is 1.83. The molecule has 7 heteroatoms. The summed E-state index contributed by atoms with van der Waals surface area (Å²) in [5.74, 6) is -0.590. The predicted molar refractivity (Wildman–Crippen MR) is 109 cm³/mol. The van der Waals surface area contributed by atoms with Gasteiger partial charge in [0.1, 0.15) is 5.82 Å². The lowest BCUT2D eigenvalue weighted by Gasteiger charge is -2.17. The van der Waals surface area contributed by atoms with E-state index in [1.165, 1.54) is 36.7 Å². The van der Waals surface area contributed by atoms with Crippen LogP contribution in [0.15, 0.2) is 53.4 Å². The summed E-state index contributed by atoms with van der Waals surface area (Å²) in [6.07, 6.45) is 2.61. The molecule has 1 N–H and O–H groups in total. The second-order valence-electron chi connectivity index (χ2n) is 6.50. The summed E-state index contributed by atoms with van der Waals surface area (Å²) in [4.78, 5) is 26.9. The van der Waals surface area contributed by atoms with E-state index in [4.69, 9.17) is 4.74 Å². The maximum atomic E-state index is 12.8. The minimum atomic E-state index is -0.436. The van der Waals surface area contributed by atoms with Crippen LogP contribution in [0.5, 0.6) is 0 Å². The molecule has 28 heavy (non-hydrogen) atoms. The van der Waals surface area contributed by atoms with Gasteiger partial charge in [-0.05, 0) is 61.4 Å². The summed E-state index contributed by atoms with van der Waals surface area (Å²) < 4.78 is 17.8. The lowest BCUT2D eigenvalue weighted by molar-refractivity contribution is -0.146. The zero-order valence-electron chi connectivity index (χ0n) is 15.5. The minimum absolute atomic E-state index is 0.180. The molecule has 0 unspecified atom stereocenters. The van der Waals surface area contributed by atoms with Crippen LogP contribution in [0, 0.1) is 5.82 Å². The molecule has 148 valence electrons. The van der Waals surface area contributed by atoms with Gasteiger partial charge in [0, 0.05) is 35.1 Å². The number of carbonyl (C=O) groups is 2. The fourth-order valence-electron chi connectivity index (χ4n) is 2.93. The standard InChI is InChI=1S/C21H23FN2O3S/c22-16-3-9-19(10-4-16)28-14-11-21(26)27-15-20(25)23-17-5-7-18(8-6-17)24-12-1-2-13-24/h3-10H,1-2,11-15H2,(H,23,25). The third-order valence-corrected chi connectivity index (χ3v) is 5.39. The minimum Gasteiger partial charge on any atom is -0.456 e. The monoisotopic (exact) mass is 402 g/mol. The summed E-state index contributed by atoms with van der Waals surface area (Å²) in [6.45, 7) is 1.83. The first kappa shape index (κ1) is 20.2. The molecule has 1 amide bonds. The van der Waals surface area contributed by atoms with E-state index in [1.54, 1.807) is 12.1 Å². The lowest BCUT2D eigenvalue weighted by atomic mass is 10.2. The number of benzene rings is 2. The van der Waals surface area contributed by atoms with Crippen molar-refractivity contribution in [1.82, 2.24) is 0 Å². The number of rotatable bonds is 8. The van der Waals surface area contributed by atoms with Crippen molar-refractivity contribution in [3.05, 3.63) is 54.3 Å². The lowest BCUT2D eigenvalue weighted by Crippen LogP contribution is -2.21. The number of nitrogens with zero attached hydrogens (tertiary/aromatic N) is 1. The van der Waals surface area contributed by atoms with E-state index in [9.17, 15) is 14.0 Å². The van der Waals surface area contributed by atoms with Crippen LogP contribution in [0.2, 0.25) is 0 Å². The largest absolute Gasteiger partial charge is 0.456 e. The van der Waals surface area contributed by atoms with Crippen LogP contribution in [0.1, 0.15) is 19.3 Å². The third kappa shape index (κ3) is 6.27. The number of esters is 1. The molecule has 1 fully saturated rings. The Morgan fingerprint density at radius 3 is 2.39 bits per heavy atom. The molecule has 2 aromatic rings. The highest BCUT2D eigenvalue weighted by Crippen LogP contribution is 2.22. The van der Waals surface area contributed by atoms with Gasteiger partial charge in [0.15, 0.2) is 6.61 Å². The number of halogens is 1. The average molecular weight is 402 g/mol. The third-order valence-electron chi connectivity index (χ3n) is 4.38. The molecule has 1 aliphatic rings. The quantitative estimate of drug-likeness (QED) is 0.532. The van der Waals surface area contributed by atoms with E-state index >= 15 is 0 Å². The van der Waals surface area contributed by atoms with Gasteiger partial charge in [-0.2, -0.15) is 0 Å². The maximum absolute atomic E-state index is 12.8. The Balaban J connectivity index is 1.34. The van der Waals surface area contributed by atoms with Gasteiger partial charge in [-0.3, -0.25) is 9.59 Å². The number of nitrogens with one attached hydrogen (secondary N) is 1. The molecular formula is C21H23FN2O3S. The first-order chi connectivity index (χ1) is 13.6.